The maximum absolute atomic E-state index is 13.0. The van der Waals surface area contributed by atoms with Crippen molar-refractivity contribution in [2.24, 2.45) is 0 Å². The summed E-state index contributed by atoms with van der Waals surface area (Å²) in [5.41, 5.74) is 0.715. The number of hydrogen-bond acceptors (Lipinski definition) is 0. The van der Waals surface area contributed by atoms with Gasteiger partial charge in [-0.15, -0.1) is 0 Å². The molecule has 0 saturated carbocycles. The Morgan fingerprint density at radius 2 is 2.20 bits per heavy atom. The van der Waals surface area contributed by atoms with Crippen LogP contribution in [0.3, 0.4) is 0 Å². The first-order valence-corrected chi connectivity index (χ1v) is 4.94. The first kappa shape index (κ1) is 8.46. The lowest BCUT2D eigenvalue weighted by atomic mass is 10.2. The molecule has 0 aliphatic rings. The standard InChI is InChI=1S/C7H5BrFI/c8-4-5-2-1-3-6(10)7(5)9/h1-3H,4H2. The highest BCUT2D eigenvalue weighted by Crippen LogP contribution is 2.16. The molecule has 0 amide bonds. The van der Waals surface area contributed by atoms with Crippen molar-refractivity contribution in [2.75, 3.05) is 0 Å². The van der Waals surface area contributed by atoms with Crippen molar-refractivity contribution in [3.8, 4) is 0 Å². The Kier molecular flexibility index (Phi) is 3.10. The molecule has 0 nitrogen and oxygen atoms in total. The second-order valence-electron chi connectivity index (χ2n) is 1.85. The van der Waals surface area contributed by atoms with Gasteiger partial charge in [-0.25, -0.2) is 4.39 Å². The molecule has 0 atom stereocenters. The lowest BCUT2D eigenvalue weighted by Crippen LogP contribution is -1.87. The molecule has 0 fully saturated rings. The van der Waals surface area contributed by atoms with Crippen molar-refractivity contribution >= 4 is 38.5 Å². The molecule has 0 heterocycles. The Morgan fingerprint density at radius 1 is 1.50 bits per heavy atom. The number of benzene rings is 1. The average Bonchev–Trinajstić information content (AvgIpc) is 1.95. The van der Waals surface area contributed by atoms with E-state index in [0.717, 1.165) is 0 Å². The predicted octanol–water partition coefficient (Wildman–Crippen LogP) is 3.33. The molecule has 1 aromatic carbocycles. The molecule has 1 aromatic rings. The van der Waals surface area contributed by atoms with Gasteiger partial charge >= 0.3 is 0 Å². The molecule has 1 rings (SSSR count). The van der Waals surface area contributed by atoms with E-state index in [1.807, 2.05) is 28.7 Å². The second kappa shape index (κ2) is 3.67. The summed E-state index contributed by atoms with van der Waals surface area (Å²) >= 11 is 5.18. The highest BCUT2D eigenvalue weighted by molar-refractivity contribution is 14.1. The van der Waals surface area contributed by atoms with Crippen LogP contribution in [0.2, 0.25) is 0 Å². The van der Waals surface area contributed by atoms with Gasteiger partial charge in [-0.1, -0.05) is 28.1 Å². The predicted molar refractivity (Wildman–Crippen MR) is 51.7 cm³/mol. The van der Waals surface area contributed by atoms with Crippen LogP contribution < -0.4 is 0 Å². The Hall–Kier alpha value is 0.360. The van der Waals surface area contributed by atoms with Gasteiger partial charge in [-0.2, -0.15) is 0 Å². The van der Waals surface area contributed by atoms with Crippen LogP contribution in [0.1, 0.15) is 5.56 Å². The average molecular weight is 315 g/mol. The number of alkyl halides is 1. The summed E-state index contributed by atoms with van der Waals surface area (Å²) in [4.78, 5) is 0. The Bertz CT molecular complexity index is 237. The molecule has 10 heavy (non-hydrogen) atoms. The topological polar surface area (TPSA) is 0 Å². The van der Waals surface area contributed by atoms with Crippen LogP contribution in [-0.4, -0.2) is 0 Å². The van der Waals surface area contributed by atoms with E-state index in [4.69, 9.17) is 0 Å². The van der Waals surface area contributed by atoms with Crippen LogP contribution in [0.25, 0.3) is 0 Å². The van der Waals surface area contributed by atoms with Gasteiger partial charge < -0.3 is 0 Å². The summed E-state index contributed by atoms with van der Waals surface area (Å²) in [6, 6.07) is 5.37. The third-order valence-electron chi connectivity index (χ3n) is 1.18. The largest absolute Gasteiger partial charge is 0.205 e. The summed E-state index contributed by atoms with van der Waals surface area (Å²) in [6.45, 7) is 0. The number of hydrogen-bond donors (Lipinski definition) is 0. The lowest BCUT2D eigenvalue weighted by Gasteiger charge is -1.98. The van der Waals surface area contributed by atoms with Gasteiger partial charge in [0.15, 0.2) is 0 Å². The lowest BCUT2D eigenvalue weighted by molar-refractivity contribution is 0.610. The van der Waals surface area contributed by atoms with E-state index in [1.165, 1.54) is 0 Å². The van der Waals surface area contributed by atoms with Crippen LogP contribution in [-0.2, 0) is 5.33 Å². The summed E-state index contributed by atoms with van der Waals surface area (Å²) in [5.74, 6) is -0.111. The summed E-state index contributed by atoms with van der Waals surface area (Å²) < 4.78 is 13.6. The van der Waals surface area contributed by atoms with E-state index >= 15 is 0 Å². The first-order valence-electron chi connectivity index (χ1n) is 2.74. The van der Waals surface area contributed by atoms with Crippen molar-refractivity contribution in [2.45, 2.75) is 5.33 Å². The highest BCUT2D eigenvalue weighted by Gasteiger charge is 2.02. The molecular formula is C7H5BrFI. The maximum Gasteiger partial charge on any atom is 0.140 e. The molecule has 54 valence electrons. The van der Waals surface area contributed by atoms with Gasteiger partial charge in [0, 0.05) is 8.90 Å². The van der Waals surface area contributed by atoms with Crippen LogP contribution in [0.5, 0.6) is 0 Å². The smallest absolute Gasteiger partial charge is 0.140 e. The third-order valence-corrected chi connectivity index (χ3v) is 2.61. The zero-order valence-electron chi connectivity index (χ0n) is 5.07. The third kappa shape index (κ3) is 1.69. The minimum Gasteiger partial charge on any atom is -0.205 e. The molecule has 0 N–H and O–H groups in total. The fraction of sp³-hybridized carbons (Fsp3) is 0.143. The SMILES string of the molecule is Fc1c(I)cccc1CBr. The van der Waals surface area contributed by atoms with Gasteiger partial charge in [0.1, 0.15) is 5.82 Å². The normalized spacial score (nSPS) is 9.90. The van der Waals surface area contributed by atoms with Crippen LogP contribution in [0.4, 0.5) is 4.39 Å². The van der Waals surface area contributed by atoms with E-state index in [0.29, 0.717) is 14.5 Å². The van der Waals surface area contributed by atoms with Crippen molar-refractivity contribution < 1.29 is 4.39 Å². The van der Waals surface area contributed by atoms with Crippen molar-refractivity contribution in [1.29, 1.82) is 0 Å². The minimum absolute atomic E-state index is 0.111. The summed E-state index contributed by atoms with van der Waals surface area (Å²) in [7, 11) is 0. The minimum atomic E-state index is -0.111. The van der Waals surface area contributed by atoms with Gasteiger partial charge in [0.25, 0.3) is 0 Å². The van der Waals surface area contributed by atoms with Crippen LogP contribution in [0.15, 0.2) is 18.2 Å². The fourth-order valence-corrected chi connectivity index (χ4v) is 1.64. The number of rotatable bonds is 1. The van der Waals surface area contributed by atoms with Gasteiger partial charge in [-0.3, -0.25) is 0 Å². The molecule has 0 unspecified atom stereocenters. The summed E-state index contributed by atoms with van der Waals surface area (Å²) in [5, 5.41) is 0.579. The van der Waals surface area contributed by atoms with Gasteiger partial charge in [0.2, 0.25) is 0 Å². The molecule has 0 aromatic heterocycles. The van der Waals surface area contributed by atoms with Crippen molar-refractivity contribution in [3.63, 3.8) is 0 Å². The maximum atomic E-state index is 13.0. The number of halogens is 3. The van der Waals surface area contributed by atoms with E-state index in [9.17, 15) is 4.39 Å². The Morgan fingerprint density at radius 3 is 2.70 bits per heavy atom. The van der Waals surface area contributed by atoms with Crippen LogP contribution in [0, 0.1) is 9.39 Å². The van der Waals surface area contributed by atoms with Gasteiger partial charge in [-0.05, 0) is 34.2 Å². The van der Waals surface area contributed by atoms with E-state index in [-0.39, 0.29) is 5.82 Å². The molecule has 0 spiro atoms. The van der Waals surface area contributed by atoms with E-state index < -0.39 is 0 Å². The van der Waals surface area contributed by atoms with Crippen molar-refractivity contribution in [3.05, 3.63) is 33.1 Å². The Balaban J connectivity index is 3.14. The first-order chi connectivity index (χ1) is 4.75. The van der Waals surface area contributed by atoms with E-state index in [1.54, 1.807) is 12.1 Å². The zero-order chi connectivity index (χ0) is 7.56. The quantitative estimate of drug-likeness (QED) is 0.551. The molecule has 0 saturated heterocycles. The molecular weight excluding hydrogens is 310 g/mol. The monoisotopic (exact) mass is 314 g/mol. The molecule has 0 bridgehead atoms. The van der Waals surface area contributed by atoms with Crippen LogP contribution >= 0.6 is 38.5 Å². The van der Waals surface area contributed by atoms with Gasteiger partial charge in [0.05, 0.1) is 0 Å². The molecule has 0 radical (unpaired) electrons. The molecule has 3 heteroatoms. The highest BCUT2D eigenvalue weighted by atomic mass is 127. The zero-order valence-corrected chi connectivity index (χ0v) is 8.82. The molecule has 0 aliphatic carbocycles. The second-order valence-corrected chi connectivity index (χ2v) is 3.57. The Labute approximate surface area is 81.1 Å². The fourth-order valence-electron chi connectivity index (χ4n) is 0.652. The van der Waals surface area contributed by atoms with Crippen molar-refractivity contribution in [1.82, 2.24) is 0 Å². The molecule has 0 aliphatic heterocycles. The summed E-state index contributed by atoms with van der Waals surface area (Å²) in [6.07, 6.45) is 0. The van der Waals surface area contributed by atoms with E-state index in [2.05, 4.69) is 15.9 Å².